The van der Waals surface area contributed by atoms with Gasteiger partial charge in [0.2, 0.25) is 11.8 Å². The van der Waals surface area contributed by atoms with Gasteiger partial charge in [-0.2, -0.15) is 0 Å². The molecule has 2 amide bonds. The zero-order chi connectivity index (χ0) is 17.1. The molecule has 1 aliphatic heterocycles. The molecule has 1 atom stereocenters. The molecule has 5 heteroatoms. The lowest BCUT2D eigenvalue weighted by molar-refractivity contribution is -0.140. The van der Waals surface area contributed by atoms with Crippen LogP contribution in [0.2, 0.25) is 0 Å². The molecule has 1 heterocycles. The van der Waals surface area contributed by atoms with Gasteiger partial charge in [0.25, 0.3) is 0 Å². The van der Waals surface area contributed by atoms with Crippen LogP contribution in [-0.2, 0) is 9.59 Å². The Morgan fingerprint density at radius 3 is 2.43 bits per heavy atom. The fraction of sp³-hybridized carbons (Fsp3) is 0.889. The predicted octanol–water partition coefficient (Wildman–Crippen LogP) is 2.05. The number of nitrogens with two attached hydrogens (primary N) is 1. The maximum absolute atomic E-state index is 12.8. The third-order valence-electron chi connectivity index (χ3n) is 5.21. The fourth-order valence-electron chi connectivity index (χ4n) is 3.63. The first kappa shape index (κ1) is 18.2. The Labute approximate surface area is 140 Å². The number of carbonyl (C=O) groups excluding carboxylic acids is 2. The molecule has 1 aliphatic carbocycles. The summed E-state index contributed by atoms with van der Waals surface area (Å²) in [5.74, 6) is 0.541. The van der Waals surface area contributed by atoms with Gasteiger partial charge < -0.3 is 16.0 Å². The van der Waals surface area contributed by atoms with Crippen molar-refractivity contribution in [3.05, 3.63) is 0 Å². The van der Waals surface area contributed by atoms with Gasteiger partial charge in [-0.1, -0.05) is 40.0 Å². The van der Waals surface area contributed by atoms with E-state index in [4.69, 9.17) is 5.73 Å². The minimum Gasteiger partial charge on any atom is -0.355 e. The summed E-state index contributed by atoms with van der Waals surface area (Å²) in [7, 11) is 0. The van der Waals surface area contributed by atoms with Gasteiger partial charge in [-0.15, -0.1) is 0 Å². The van der Waals surface area contributed by atoms with Crippen molar-refractivity contribution in [1.29, 1.82) is 0 Å². The highest BCUT2D eigenvalue weighted by Crippen LogP contribution is 2.29. The summed E-state index contributed by atoms with van der Waals surface area (Å²) >= 11 is 0. The SMILES string of the molecule is CC(C)(C)C(=O)NCC1CCCN(C(=O)C2(N)CCCCC2)C1. The van der Waals surface area contributed by atoms with Gasteiger partial charge in [-0.25, -0.2) is 0 Å². The van der Waals surface area contributed by atoms with E-state index < -0.39 is 5.54 Å². The van der Waals surface area contributed by atoms with Gasteiger partial charge in [0.05, 0.1) is 5.54 Å². The number of hydrogen-bond acceptors (Lipinski definition) is 3. The number of rotatable bonds is 3. The lowest BCUT2D eigenvalue weighted by Gasteiger charge is -2.40. The lowest BCUT2D eigenvalue weighted by atomic mass is 9.81. The summed E-state index contributed by atoms with van der Waals surface area (Å²) in [6, 6.07) is 0. The molecule has 0 aromatic carbocycles. The highest BCUT2D eigenvalue weighted by atomic mass is 16.2. The molecular formula is C18H33N3O2. The van der Waals surface area contributed by atoms with Crippen LogP contribution in [-0.4, -0.2) is 41.9 Å². The van der Waals surface area contributed by atoms with Gasteiger partial charge in [0.1, 0.15) is 0 Å². The molecule has 0 aromatic rings. The average molecular weight is 323 g/mol. The quantitative estimate of drug-likeness (QED) is 0.834. The number of hydrogen-bond donors (Lipinski definition) is 2. The van der Waals surface area contributed by atoms with Crippen LogP contribution >= 0.6 is 0 Å². The van der Waals surface area contributed by atoms with Crippen molar-refractivity contribution in [1.82, 2.24) is 10.2 Å². The first-order valence-electron chi connectivity index (χ1n) is 9.09. The van der Waals surface area contributed by atoms with E-state index in [9.17, 15) is 9.59 Å². The topological polar surface area (TPSA) is 75.4 Å². The van der Waals surface area contributed by atoms with Gasteiger partial charge in [0, 0.05) is 25.0 Å². The van der Waals surface area contributed by atoms with E-state index in [-0.39, 0.29) is 17.2 Å². The molecule has 3 N–H and O–H groups in total. The van der Waals surface area contributed by atoms with Crippen LogP contribution in [0.4, 0.5) is 0 Å². The zero-order valence-corrected chi connectivity index (χ0v) is 15.0. The van der Waals surface area contributed by atoms with E-state index >= 15 is 0 Å². The van der Waals surface area contributed by atoms with Crippen molar-refractivity contribution in [2.45, 2.75) is 71.3 Å². The van der Waals surface area contributed by atoms with Gasteiger partial charge in [0.15, 0.2) is 0 Å². The first-order valence-corrected chi connectivity index (χ1v) is 9.09. The number of piperidine rings is 1. The van der Waals surface area contributed by atoms with Crippen LogP contribution in [0.25, 0.3) is 0 Å². The standard InChI is InChI=1S/C18H33N3O2/c1-17(2,3)15(22)20-12-14-8-7-11-21(13-14)16(23)18(19)9-5-4-6-10-18/h14H,4-13,19H2,1-3H3,(H,20,22). The van der Waals surface area contributed by atoms with Crippen LogP contribution < -0.4 is 11.1 Å². The van der Waals surface area contributed by atoms with Crippen molar-refractivity contribution >= 4 is 11.8 Å². The molecule has 0 radical (unpaired) electrons. The lowest BCUT2D eigenvalue weighted by Crippen LogP contribution is -2.58. The Balaban J connectivity index is 1.88. The van der Waals surface area contributed by atoms with E-state index in [0.717, 1.165) is 51.6 Å². The molecule has 1 saturated carbocycles. The third-order valence-corrected chi connectivity index (χ3v) is 5.21. The Morgan fingerprint density at radius 2 is 1.83 bits per heavy atom. The van der Waals surface area contributed by atoms with Gasteiger partial charge in [-0.05, 0) is 31.6 Å². The Hall–Kier alpha value is -1.10. The first-order chi connectivity index (χ1) is 10.7. The third kappa shape index (κ3) is 4.69. The average Bonchev–Trinajstić information content (AvgIpc) is 2.52. The molecule has 2 aliphatic rings. The van der Waals surface area contributed by atoms with Crippen LogP contribution in [0.3, 0.4) is 0 Å². The zero-order valence-electron chi connectivity index (χ0n) is 15.0. The minimum atomic E-state index is -0.644. The van der Waals surface area contributed by atoms with Crippen LogP contribution in [0.1, 0.15) is 65.7 Å². The Kier molecular flexibility index (Phi) is 5.71. The molecular weight excluding hydrogens is 290 g/mol. The van der Waals surface area contributed by atoms with Gasteiger partial charge >= 0.3 is 0 Å². The Bertz CT molecular complexity index is 436. The second-order valence-electron chi connectivity index (χ2n) is 8.44. The molecule has 132 valence electrons. The molecule has 0 aromatic heterocycles. The maximum atomic E-state index is 12.8. The maximum Gasteiger partial charge on any atom is 0.242 e. The van der Waals surface area contributed by atoms with E-state index in [1.165, 1.54) is 6.42 Å². The van der Waals surface area contributed by atoms with Crippen molar-refractivity contribution < 1.29 is 9.59 Å². The van der Waals surface area contributed by atoms with E-state index in [1.54, 1.807) is 0 Å². The summed E-state index contributed by atoms with van der Waals surface area (Å²) in [6.45, 7) is 7.93. The minimum absolute atomic E-state index is 0.0727. The van der Waals surface area contributed by atoms with Crippen molar-refractivity contribution in [2.75, 3.05) is 19.6 Å². The highest BCUT2D eigenvalue weighted by Gasteiger charge is 2.39. The smallest absolute Gasteiger partial charge is 0.242 e. The van der Waals surface area contributed by atoms with Gasteiger partial charge in [-0.3, -0.25) is 9.59 Å². The van der Waals surface area contributed by atoms with Crippen molar-refractivity contribution in [2.24, 2.45) is 17.1 Å². The summed E-state index contributed by atoms with van der Waals surface area (Å²) in [5, 5.41) is 3.03. The molecule has 0 bridgehead atoms. The number of nitrogens with one attached hydrogen (secondary N) is 1. The molecule has 2 rings (SSSR count). The van der Waals surface area contributed by atoms with E-state index in [2.05, 4.69) is 5.32 Å². The molecule has 1 saturated heterocycles. The summed E-state index contributed by atoms with van der Waals surface area (Å²) in [5.41, 5.74) is 5.39. The molecule has 23 heavy (non-hydrogen) atoms. The number of nitrogens with zero attached hydrogens (tertiary/aromatic N) is 1. The molecule has 0 spiro atoms. The summed E-state index contributed by atoms with van der Waals surface area (Å²) in [4.78, 5) is 26.8. The summed E-state index contributed by atoms with van der Waals surface area (Å²) < 4.78 is 0. The molecule has 5 nitrogen and oxygen atoms in total. The van der Waals surface area contributed by atoms with Crippen molar-refractivity contribution in [3.63, 3.8) is 0 Å². The normalized spacial score (nSPS) is 25.0. The largest absolute Gasteiger partial charge is 0.355 e. The summed E-state index contributed by atoms with van der Waals surface area (Å²) in [6.07, 6.45) is 6.99. The molecule has 1 unspecified atom stereocenters. The molecule has 2 fully saturated rings. The second kappa shape index (κ2) is 7.20. The highest BCUT2D eigenvalue weighted by molar-refractivity contribution is 5.86. The number of carbonyl (C=O) groups is 2. The van der Waals surface area contributed by atoms with E-state index in [1.807, 2.05) is 25.7 Å². The monoisotopic (exact) mass is 323 g/mol. The second-order valence-corrected chi connectivity index (χ2v) is 8.44. The Morgan fingerprint density at radius 1 is 1.17 bits per heavy atom. The van der Waals surface area contributed by atoms with E-state index in [0.29, 0.717) is 12.5 Å². The van der Waals surface area contributed by atoms with Crippen LogP contribution in [0.5, 0.6) is 0 Å². The van der Waals surface area contributed by atoms with Crippen molar-refractivity contribution in [3.8, 4) is 0 Å². The fourth-order valence-corrected chi connectivity index (χ4v) is 3.63. The van der Waals surface area contributed by atoms with Crippen LogP contribution in [0, 0.1) is 11.3 Å². The van der Waals surface area contributed by atoms with Crippen LogP contribution in [0.15, 0.2) is 0 Å². The predicted molar refractivity (Wildman–Crippen MR) is 91.8 cm³/mol. The number of likely N-dealkylation sites (tertiary alicyclic amines) is 1. The number of amides is 2.